The maximum absolute atomic E-state index is 12.7. The Morgan fingerprint density at radius 1 is 1.30 bits per heavy atom. The van der Waals surface area contributed by atoms with Crippen molar-refractivity contribution in [3.63, 3.8) is 0 Å². The molecular weight excluding hydrogens is 314 g/mol. The fourth-order valence-corrected chi connectivity index (χ4v) is 2.75. The van der Waals surface area contributed by atoms with Gasteiger partial charge in [0.2, 0.25) is 5.91 Å². The van der Waals surface area contributed by atoms with Gasteiger partial charge in [0.05, 0.1) is 0 Å². The third kappa shape index (κ3) is 5.52. The zero-order valence-electron chi connectivity index (χ0n) is 13.8. The van der Waals surface area contributed by atoms with Gasteiger partial charge in [-0.25, -0.2) is 0 Å². The number of nitrogens with zero attached hydrogens (tertiary/aromatic N) is 1. The van der Waals surface area contributed by atoms with Crippen LogP contribution < -0.4 is 10.6 Å². The zero-order valence-corrected chi connectivity index (χ0v) is 14.6. The van der Waals surface area contributed by atoms with Crippen molar-refractivity contribution in [1.29, 1.82) is 0 Å². The van der Waals surface area contributed by atoms with E-state index in [9.17, 15) is 9.59 Å². The second-order valence-electron chi connectivity index (χ2n) is 5.75. The lowest BCUT2D eigenvalue weighted by atomic mass is 10.1. The van der Waals surface area contributed by atoms with E-state index in [1.54, 1.807) is 0 Å². The topological polar surface area (TPSA) is 61.4 Å². The van der Waals surface area contributed by atoms with Crippen LogP contribution in [0.25, 0.3) is 0 Å². The number of amides is 2. The molecule has 0 spiro atoms. The summed E-state index contributed by atoms with van der Waals surface area (Å²) in [5.41, 5.74) is 1.71. The van der Waals surface area contributed by atoms with E-state index in [1.165, 1.54) is 6.92 Å². The highest BCUT2D eigenvalue weighted by Gasteiger charge is 2.26. The fourth-order valence-electron chi connectivity index (χ4n) is 2.75. The van der Waals surface area contributed by atoms with Crippen LogP contribution in [0, 0.1) is 0 Å². The molecule has 1 aliphatic rings. The Kier molecular flexibility index (Phi) is 8.06. The number of rotatable bonds is 6. The molecule has 1 unspecified atom stereocenters. The second kappa shape index (κ2) is 9.53. The number of carbonyl (C=O) groups is 2. The monoisotopic (exact) mass is 339 g/mol. The lowest BCUT2D eigenvalue weighted by Crippen LogP contribution is -2.42. The first kappa shape index (κ1) is 19.5. The summed E-state index contributed by atoms with van der Waals surface area (Å²) in [4.78, 5) is 25.6. The number of nitrogens with one attached hydrogen (secondary N) is 2. The van der Waals surface area contributed by atoms with Gasteiger partial charge in [-0.15, -0.1) is 12.4 Å². The molecule has 0 bridgehead atoms. The van der Waals surface area contributed by atoms with Crippen molar-refractivity contribution in [2.75, 3.05) is 19.6 Å². The number of halogens is 1. The van der Waals surface area contributed by atoms with Crippen molar-refractivity contribution >= 4 is 24.2 Å². The van der Waals surface area contributed by atoms with Gasteiger partial charge in [-0.05, 0) is 37.1 Å². The summed E-state index contributed by atoms with van der Waals surface area (Å²) >= 11 is 0. The fraction of sp³-hybridized carbons (Fsp3) is 0.529. The van der Waals surface area contributed by atoms with Crippen molar-refractivity contribution in [2.45, 2.75) is 39.3 Å². The molecule has 1 aromatic carbocycles. The van der Waals surface area contributed by atoms with Crippen molar-refractivity contribution in [3.8, 4) is 0 Å². The molecule has 6 heteroatoms. The first-order chi connectivity index (χ1) is 10.6. The van der Waals surface area contributed by atoms with Crippen molar-refractivity contribution < 1.29 is 9.59 Å². The number of hydrogen-bond donors (Lipinski definition) is 2. The van der Waals surface area contributed by atoms with Crippen LogP contribution in [0.3, 0.4) is 0 Å². The summed E-state index contributed by atoms with van der Waals surface area (Å²) in [6, 6.07) is 7.81. The van der Waals surface area contributed by atoms with Gasteiger partial charge in [-0.2, -0.15) is 0 Å². The van der Waals surface area contributed by atoms with E-state index < -0.39 is 0 Å². The van der Waals surface area contributed by atoms with Crippen molar-refractivity contribution in [2.24, 2.45) is 0 Å². The first-order valence-electron chi connectivity index (χ1n) is 7.97. The summed E-state index contributed by atoms with van der Waals surface area (Å²) in [7, 11) is 0. The van der Waals surface area contributed by atoms with E-state index >= 15 is 0 Å². The lowest BCUT2D eigenvalue weighted by Gasteiger charge is -2.28. The van der Waals surface area contributed by atoms with Crippen LogP contribution in [0.4, 0.5) is 0 Å². The van der Waals surface area contributed by atoms with E-state index in [0.29, 0.717) is 18.2 Å². The number of benzene rings is 1. The molecule has 1 heterocycles. The van der Waals surface area contributed by atoms with Gasteiger partial charge in [-0.3, -0.25) is 9.59 Å². The van der Waals surface area contributed by atoms with Crippen LogP contribution in [-0.2, 0) is 11.3 Å². The summed E-state index contributed by atoms with van der Waals surface area (Å²) in [6.07, 6.45) is 1.98. The first-order valence-corrected chi connectivity index (χ1v) is 7.97. The molecule has 0 aromatic heterocycles. The normalized spacial score (nSPS) is 16.5. The molecule has 5 nitrogen and oxygen atoms in total. The Balaban J connectivity index is 0.00000264. The maximum atomic E-state index is 12.7. The van der Waals surface area contributed by atoms with E-state index in [2.05, 4.69) is 17.6 Å². The smallest absolute Gasteiger partial charge is 0.254 e. The van der Waals surface area contributed by atoms with Crippen LogP contribution in [0.15, 0.2) is 24.3 Å². The van der Waals surface area contributed by atoms with Crippen LogP contribution in [0.2, 0.25) is 0 Å². The minimum absolute atomic E-state index is 0. The van der Waals surface area contributed by atoms with Crippen LogP contribution >= 0.6 is 12.4 Å². The molecule has 2 amide bonds. The third-order valence-corrected chi connectivity index (χ3v) is 3.94. The largest absolute Gasteiger partial charge is 0.352 e. The van der Waals surface area contributed by atoms with E-state index in [0.717, 1.165) is 38.0 Å². The molecule has 128 valence electrons. The highest BCUT2D eigenvalue weighted by molar-refractivity contribution is 5.94. The lowest BCUT2D eigenvalue weighted by molar-refractivity contribution is -0.119. The predicted octanol–water partition coefficient (Wildman–Crippen LogP) is 1.96. The molecule has 1 saturated heterocycles. The van der Waals surface area contributed by atoms with Crippen molar-refractivity contribution in [3.05, 3.63) is 35.4 Å². The Labute approximate surface area is 144 Å². The van der Waals surface area contributed by atoms with Crippen LogP contribution in [0.5, 0.6) is 0 Å². The molecular formula is C17H26ClN3O2. The highest BCUT2D eigenvalue weighted by atomic mass is 35.5. The molecule has 1 aliphatic heterocycles. The van der Waals surface area contributed by atoms with Gasteiger partial charge in [-0.1, -0.05) is 19.1 Å². The molecule has 23 heavy (non-hydrogen) atoms. The molecule has 0 radical (unpaired) electrons. The van der Waals surface area contributed by atoms with Gasteiger partial charge in [0.25, 0.3) is 5.91 Å². The SMILES string of the molecule is CCCN(C(=O)c1ccc(CNC(C)=O)cc1)C1CCNC1.Cl. The van der Waals surface area contributed by atoms with Crippen molar-refractivity contribution in [1.82, 2.24) is 15.5 Å². The van der Waals surface area contributed by atoms with Gasteiger partial charge >= 0.3 is 0 Å². The van der Waals surface area contributed by atoms with E-state index in [-0.39, 0.29) is 24.2 Å². The molecule has 2 N–H and O–H groups in total. The Morgan fingerprint density at radius 3 is 2.52 bits per heavy atom. The number of carbonyl (C=O) groups excluding carboxylic acids is 2. The molecule has 2 rings (SSSR count). The summed E-state index contributed by atoms with van der Waals surface area (Å²) < 4.78 is 0. The van der Waals surface area contributed by atoms with Gasteiger partial charge in [0, 0.05) is 38.2 Å². The molecule has 0 aliphatic carbocycles. The van der Waals surface area contributed by atoms with Crippen LogP contribution in [-0.4, -0.2) is 42.4 Å². The van der Waals surface area contributed by atoms with Crippen LogP contribution in [0.1, 0.15) is 42.6 Å². The molecule has 1 atom stereocenters. The molecule has 0 saturated carbocycles. The van der Waals surface area contributed by atoms with E-state index in [4.69, 9.17) is 0 Å². The van der Waals surface area contributed by atoms with Gasteiger partial charge in [0.1, 0.15) is 0 Å². The second-order valence-corrected chi connectivity index (χ2v) is 5.75. The average Bonchev–Trinajstić information content (AvgIpc) is 3.04. The third-order valence-electron chi connectivity index (χ3n) is 3.94. The van der Waals surface area contributed by atoms with Gasteiger partial charge < -0.3 is 15.5 Å². The minimum atomic E-state index is -0.0528. The Morgan fingerprint density at radius 2 is 2.00 bits per heavy atom. The van der Waals surface area contributed by atoms with Gasteiger partial charge in [0.15, 0.2) is 0 Å². The Bertz CT molecular complexity index is 513. The molecule has 1 aromatic rings. The number of hydrogen-bond acceptors (Lipinski definition) is 3. The summed E-state index contributed by atoms with van der Waals surface area (Å²) in [6.45, 7) is 6.74. The standard InChI is InChI=1S/C17H25N3O2.ClH/c1-3-10-20(16-8-9-18-12-16)17(22)15-6-4-14(5-7-15)11-19-13(2)21;/h4-7,16,18H,3,8-12H2,1-2H3,(H,19,21);1H. The highest BCUT2D eigenvalue weighted by Crippen LogP contribution is 2.15. The molecule has 1 fully saturated rings. The zero-order chi connectivity index (χ0) is 15.9. The average molecular weight is 340 g/mol. The summed E-state index contributed by atoms with van der Waals surface area (Å²) in [5.74, 6) is 0.0460. The van der Waals surface area contributed by atoms with E-state index in [1.807, 2.05) is 29.2 Å². The maximum Gasteiger partial charge on any atom is 0.254 e. The summed E-state index contributed by atoms with van der Waals surface area (Å²) in [5, 5.41) is 6.08. The quantitative estimate of drug-likeness (QED) is 0.833. The predicted molar refractivity (Wildman–Crippen MR) is 93.8 cm³/mol. The minimum Gasteiger partial charge on any atom is -0.352 e. The Hall–Kier alpha value is -1.59.